The maximum absolute atomic E-state index is 12.1. The predicted octanol–water partition coefficient (Wildman–Crippen LogP) is 2.16. The van der Waals surface area contributed by atoms with E-state index in [1.54, 1.807) is 16.2 Å². The van der Waals surface area contributed by atoms with E-state index in [2.05, 4.69) is 12.2 Å². The second-order valence-corrected chi connectivity index (χ2v) is 5.83. The van der Waals surface area contributed by atoms with Crippen molar-refractivity contribution < 1.29 is 9.59 Å². The molecular weight excluding hydrogens is 260 g/mol. The van der Waals surface area contributed by atoms with Crippen LogP contribution in [0.5, 0.6) is 0 Å². The molecule has 4 nitrogen and oxygen atoms in total. The van der Waals surface area contributed by atoms with Gasteiger partial charge >= 0.3 is 0 Å². The van der Waals surface area contributed by atoms with Gasteiger partial charge in [0, 0.05) is 17.8 Å². The third-order valence-corrected chi connectivity index (χ3v) is 4.23. The number of hydrogen-bond acceptors (Lipinski definition) is 3. The summed E-state index contributed by atoms with van der Waals surface area (Å²) in [7, 11) is 0. The van der Waals surface area contributed by atoms with Gasteiger partial charge in [-0.3, -0.25) is 9.59 Å². The summed E-state index contributed by atoms with van der Waals surface area (Å²) in [6.07, 6.45) is 3.17. The first kappa shape index (κ1) is 14.1. The molecule has 0 aromatic carbocycles. The Morgan fingerprint density at radius 1 is 1.58 bits per heavy atom. The lowest BCUT2D eigenvalue weighted by Crippen LogP contribution is -2.44. The van der Waals surface area contributed by atoms with Crippen LogP contribution >= 0.6 is 11.3 Å². The Morgan fingerprint density at radius 2 is 2.42 bits per heavy atom. The minimum Gasteiger partial charge on any atom is -0.354 e. The van der Waals surface area contributed by atoms with Crippen molar-refractivity contribution in [3.63, 3.8) is 0 Å². The summed E-state index contributed by atoms with van der Waals surface area (Å²) < 4.78 is 0. The Kier molecular flexibility index (Phi) is 4.96. The molecule has 1 aromatic heterocycles. The number of amides is 2. The molecule has 1 aromatic rings. The molecule has 0 aliphatic carbocycles. The van der Waals surface area contributed by atoms with Gasteiger partial charge in [-0.1, -0.05) is 19.4 Å². The van der Waals surface area contributed by atoms with Crippen LogP contribution in [0.2, 0.25) is 0 Å². The first-order valence-corrected chi connectivity index (χ1v) is 7.70. The Hall–Kier alpha value is -1.36. The van der Waals surface area contributed by atoms with Gasteiger partial charge in [0.25, 0.3) is 0 Å². The smallest absolute Gasteiger partial charge is 0.242 e. The number of nitrogens with one attached hydrogen (secondary N) is 1. The van der Waals surface area contributed by atoms with E-state index in [0.717, 1.165) is 17.7 Å². The van der Waals surface area contributed by atoms with Gasteiger partial charge in [-0.25, -0.2) is 0 Å². The minimum absolute atomic E-state index is 0.00384. The normalized spacial score (nSPS) is 18.9. The van der Waals surface area contributed by atoms with Crippen molar-refractivity contribution in [1.82, 2.24) is 10.2 Å². The predicted molar refractivity (Wildman–Crippen MR) is 75.8 cm³/mol. The molecule has 5 heteroatoms. The summed E-state index contributed by atoms with van der Waals surface area (Å²) >= 11 is 1.62. The van der Waals surface area contributed by atoms with Crippen molar-refractivity contribution in [2.24, 2.45) is 0 Å². The van der Waals surface area contributed by atoms with Crippen molar-refractivity contribution in [1.29, 1.82) is 0 Å². The molecule has 1 atom stereocenters. The van der Waals surface area contributed by atoms with Gasteiger partial charge in [0.05, 0.1) is 6.54 Å². The van der Waals surface area contributed by atoms with E-state index in [-0.39, 0.29) is 17.9 Å². The molecular formula is C14H20N2O2S. The largest absolute Gasteiger partial charge is 0.354 e. The van der Waals surface area contributed by atoms with Crippen LogP contribution in [0.3, 0.4) is 0 Å². The van der Waals surface area contributed by atoms with E-state index in [9.17, 15) is 9.59 Å². The zero-order valence-corrected chi connectivity index (χ0v) is 12.0. The van der Waals surface area contributed by atoms with Crippen molar-refractivity contribution in [3.8, 4) is 0 Å². The number of hydrogen-bond donors (Lipinski definition) is 1. The van der Waals surface area contributed by atoms with Crippen LogP contribution in [-0.2, 0) is 16.1 Å². The summed E-state index contributed by atoms with van der Waals surface area (Å²) in [5.74, 6) is 0.0832. The van der Waals surface area contributed by atoms with Gasteiger partial charge in [0.2, 0.25) is 11.8 Å². The van der Waals surface area contributed by atoms with E-state index < -0.39 is 0 Å². The highest BCUT2D eigenvalue weighted by Crippen LogP contribution is 2.23. The lowest BCUT2D eigenvalue weighted by Gasteiger charge is -2.23. The summed E-state index contributed by atoms with van der Waals surface area (Å²) in [5.41, 5.74) is 0. The topological polar surface area (TPSA) is 49.4 Å². The lowest BCUT2D eigenvalue weighted by molar-refractivity contribution is -0.135. The van der Waals surface area contributed by atoms with Crippen LogP contribution in [0.25, 0.3) is 0 Å². The second kappa shape index (κ2) is 6.70. The maximum atomic E-state index is 12.1. The van der Waals surface area contributed by atoms with Crippen LogP contribution < -0.4 is 5.32 Å². The molecule has 1 aliphatic rings. The standard InChI is InChI=1S/C14H20N2O2S/c1-2-3-8-15-14(18)12-6-7-13(17)16(12)10-11-5-4-9-19-11/h4-5,9,12H,2-3,6-8,10H2,1H3,(H,15,18)/t12-/m1/s1. The number of carbonyl (C=O) groups excluding carboxylic acids is 2. The van der Waals surface area contributed by atoms with Crippen LogP contribution in [0, 0.1) is 0 Å². The van der Waals surface area contributed by atoms with Crippen LogP contribution in [0.15, 0.2) is 17.5 Å². The number of rotatable bonds is 6. The number of nitrogens with zero attached hydrogens (tertiary/aromatic N) is 1. The molecule has 2 rings (SSSR count). The summed E-state index contributed by atoms with van der Waals surface area (Å²) in [6, 6.07) is 3.69. The first-order chi connectivity index (χ1) is 9.22. The Morgan fingerprint density at radius 3 is 3.11 bits per heavy atom. The second-order valence-electron chi connectivity index (χ2n) is 4.80. The third-order valence-electron chi connectivity index (χ3n) is 3.37. The molecule has 19 heavy (non-hydrogen) atoms. The molecule has 2 amide bonds. The molecule has 1 saturated heterocycles. The van der Waals surface area contributed by atoms with Crippen LogP contribution in [0.4, 0.5) is 0 Å². The molecule has 104 valence electrons. The van der Waals surface area contributed by atoms with Crippen LogP contribution in [0.1, 0.15) is 37.5 Å². The average Bonchev–Trinajstić information content (AvgIpc) is 3.02. The van der Waals surface area contributed by atoms with Gasteiger partial charge in [0.15, 0.2) is 0 Å². The van der Waals surface area contributed by atoms with Crippen molar-refractivity contribution in [2.45, 2.75) is 45.2 Å². The maximum Gasteiger partial charge on any atom is 0.242 e. The SMILES string of the molecule is CCCCNC(=O)[C@H]1CCC(=O)N1Cc1cccs1. The fraction of sp³-hybridized carbons (Fsp3) is 0.571. The fourth-order valence-corrected chi connectivity index (χ4v) is 2.98. The highest BCUT2D eigenvalue weighted by atomic mass is 32.1. The van der Waals surface area contributed by atoms with Crippen molar-refractivity contribution in [2.75, 3.05) is 6.54 Å². The lowest BCUT2D eigenvalue weighted by atomic mass is 10.2. The molecule has 0 saturated carbocycles. The van der Waals surface area contributed by atoms with Crippen molar-refractivity contribution in [3.05, 3.63) is 22.4 Å². The van der Waals surface area contributed by atoms with Crippen molar-refractivity contribution >= 4 is 23.2 Å². The fourth-order valence-electron chi connectivity index (χ4n) is 2.28. The summed E-state index contributed by atoms with van der Waals surface area (Å²) in [4.78, 5) is 26.8. The van der Waals surface area contributed by atoms with E-state index in [1.807, 2.05) is 17.5 Å². The zero-order chi connectivity index (χ0) is 13.7. The van der Waals surface area contributed by atoms with Gasteiger partial charge in [0.1, 0.15) is 6.04 Å². The zero-order valence-electron chi connectivity index (χ0n) is 11.2. The van der Waals surface area contributed by atoms with Gasteiger partial charge in [-0.15, -0.1) is 11.3 Å². The molecule has 0 spiro atoms. The Labute approximate surface area is 117 Å². The molecule has 2 heterocycles. The quantitative estimate of drug-likeness (QED) is 0.812. The Bertz CT molecular complexity index is 431. The highest BCUT2D eigenvalue weighted by Gasteiger charge is 2.35. The van der Waals surface area contributed by atoms with Gasteiger partial charge in [-0.05, 0) is 24.3 Å². The number of unbranched alkanes of at least 4 members (excludes halogenated alkanes) is 1. The molecule has 1 aliphatic heterocycles. The number of thiophene rings is 1. The van der Waals surface area contributed by atoms with E-state index in [1.165, 1.54) is 0 Å². The molecule has 0 radical (unpaired) electrons. The van der Waals surface area contributed by atoms with E-state index >= 15 is 0 Å². The average molecular weight is 280 g/mol. The third kappa shape index (κ3) is 3.56. The summed E-state index contributed by atoms with van der Waals surface area (Å²) in [5, 5.41) is 4.92. The summed E-state index contributed by atoms with van der Waals surface area (Å²) in [6.45, 7) is 3.35. The van der Waals surface area contributed by atoms with Gasteiger partial charge in [-0.2, -0.15) is 0 Å². The molecule has 0 bridgehead atoms. The van der Waals surface area contributed by atoms with E-state index in [4.69, 9.17) is 0 Å². The highest BCUT2D eigenvalue weighted by molar-refractivity contribution is 7.09. The molecule has 1 N–H and O–H groups in total. The Balaban J connectivity index is 1.94. The number of likely N-dealkylation sites (tertiary alicyclic amines) is 1. The minimum atomic E-state index is -0.286. The molecule has 0 unspecified atom stereocenters. The van der Waals surface area contributed by atoms with Gasteiger partial charge < -0.3 is 10.2 Å². The van der Waals surface area contributed by atoms with Crippen LogP contribution in [-0.4, -0.2) is 29.3 Å². The monoisotopic (exact) mass is 280 g/mol. The first-order valence-electron chi connectivity index (χ1n) is 6.82. The molecule has 1 fully saturated rings. The number of carbonyl (C=O) groups is 2. The van der Waals surface area contributed by atoms with E-state index in [0.29, 0.717) is 25.9 Å².